The number of hydrogen-bond acceptors (Lipinski definition) is 5. The Morgan fingerprint density at radius 1 is 1.18 bits per heavy atom. The van der Waals surface area contributed by atoms with Crippen LogP contribution in [0.15, 0.2) is 53.4 Å². The molecule has 9 heteroatoms. The van der Waals surface area contributed by atoms with Crippen molar-refractivity contribution in [1.29, 1.82) is 0 Å². The number of ether oxygens (including phenoxy) is 1. The van der Waals surface area contributed by atoms with E-state index < -0.39 is 15.9 Å². The lowest BCUT2D eigenvalue weighted by Gasteiger charge is -2.17. The zero-order valence-corrected chi connectivity index (χ0v) is 16.1. The van der Waals surface area contributed by atoms with Gasteiger partial charge in [-0.25, -0.2) is 13.6 Å². The molecule has 2 amide bonds. The minimum atomic E-state index is -3.78. The summed E-state index contributed by atoms with van der Waals surface area (Å²) in [5, 5.41) is 7.77. The largest absolute Gasteiger partial charge is 0.497 e. The van der Waals surface area contributed by atoms with Crippen LogP contribution in [0.25, 0.3) is 0 Å². The van der Waals surface area contributed by atoms with E-state index in [9.17, 15) is 18.0 Å². The van der Waals surface area contributed by atoms with Gasteiger partial charge < -0.3 is 15.0 Å². The monoisotopic (exact) mass is 403 g/mol. The van der Waals surface area contributed by atoms with E-state index in [4.69, 9.17) is 9.88 Å². The van der Waals surface area contributed by atoms with Crippen LogP contribution in [0.1, 0.15) is 12.0 Å². The van der Waals surface area contributed by atoms with Crippen molar-refractivity contribution >= 4 is 27.5 Å². The molecule has 2 aromatic rings. The first-order valence-corrected chi connectivity index (χ1v) is 10.2. The summed E-state index contributed by atoms with van der Waals surface area (Å²) in [6.07, 6.45) is 0.136. The highest BCUT2D eigenvalue weighted by Crippen LogP contribution is 2.23. The Bertz CT molecular complexity index is 972. The van der Waals surface area contributed by atoms with Crippen LogP contribution < -0.4 is 15.2 Å². The lowest BCUT2D eigenvalue weighted by Crippen LogP contribution is -2.28. The average Bonchev–Trinajstić information content (AvgIpc) is 3.03. The number of anilines is 1. The maximum Gasteiger partial charge on any atom is 0.238 e. The highest BCUT2D eigenvalue weighted by Gasteiger charge is 2.34. The highest BCUT2D eigenvalue weighted by molar-refractivity contribution is 7.89. The topological polar surface area (TPSA) is 119 Å². The Morgan fingerprint density at radius 3 is 2.39 bits per heavy atom. The molecule has 0 radical (unpaired) electrons. The SMILES string of the molecule is COc1ccc(CN2CC(C(=O)Nc3ccc(S(N)(=O)=O)cc3)CC2=O)cc1. The number of carbonyl (C=O) groups excluding carboxylic acids is 2. The molecule has 1 saturated heterocycles. The summed E-state index contributed by atoms with van der Waals surface area (Å²) >= 11 is 0. The van der Waals surface area contributed by atoms with E-state index >= 15 is 0 Å². The fraction of sp³-hybridized carbons (Fsp3) is 0.263. The third-order valence-corrected chi connectivity index (χ3v) is 5.50. The number of nitrogens with two attached hydrogens (primary N) is 1. The van der Waals surface area contributed by atoms with Crippen LogP contribution in [0.2, 0.25) is 0 Å². The molecular formula is C19H21N3O5S. The normalized spacial score (nSPS) is 16.9. The van der Waals surface area contributed by atoms with E-state index in [1.54, 1.807) is 12.0 Å². The van der Waals surface area contributed by atoms with Crippen LogP contribution in [0.3, 0.4) is 0 Å². The molecular weight excluding hydrogens is 382 g/mol. The van der Waals surface area contributed by atoms with Crippen LogP contribution in [0, 0.1) is 5.92 Å². The zero-order valence-electron chi connectivity index (χ0n) is 15.3. The summed E-state index contributed by atoms with van der Waals surface area (Å²) < 4.78 is 27.7. The molecule has 8 nitrogen and oxygen atoms in total. The predicted molar refractivity (Wildman–Crippen MR) is 103 cm³/mol. The molecule has 3 N–H and O–H groups in total. The van der Waals surface area contributed by atoms with Gasteiger partial charge in [-0.1, -0.05) is 12.1 Å². The van der Waals surface area contributed by atoms with E-state index in [0.29, 0.717) is 18.8 Å². The summed E-state index contributed by atoms with van der Waals surface area (Å²) in [5.74, 6) is -0.0969. The number of hydrogen-bond donors (Lipinski definition) is 2. The Kier molecular flexibility index (Phi) is 5.66. The molecule has 0 spiro atoms. The van der Waals surface area contributed by atoms with Gasteiger partial charge in [0.15, 0.2) is 0 Å². The second-order valence-electron chi connectivity index (χ2n) is 6.58. The molecule has 3 rings (SSSR count). The van der Waals surface area contributed by atoms with Gasteiger partial charge in [-0.2, -0.15) is 0 Å². The van der Waals surface area contributed by atoms with Crippen LogP contribution >= 0.6 is 0 Å². The molecule has 0 saturated carbocycles. The minimum absolute atomic E-state index is 0.0350. The molecule has 1 aliphatic heterocycles. The first kappa shape index (κ1) is 19.8. The van der Waals surface area contributed by atoms with Gasteiger partial charge >= 0.3 is 0 Å². The summed E-state index contributed by atoms with van der Waals surface area (Å²) in [7, 11) is -2.20. The summed E-state index contributed by atoms with van der Waals surface area (Å²) in [6, 6.07) is 13.0. The van der Waals surface area contributed by atoms with E-state index in [1.165, 1.54) is 24.3 Å². The number of likely N-dealkylation sites (tertiary alicyclic amines) is 1. The van der Waals surface area contributed by atoms with Crippen molar-refractivity contribution in [1.82, 2.24) is 4.90 Å². The number of primary sulfonamides is 1. The second-order valence-corrected chi connectivity index (χ2v) is 8.14. The third kappa shape index (κ3) is 4.68. The van der Waals surface area contributed by atoms with Gasteiger partial charge in [-0.3, -0.25) is 9.59 Å². The molecule has 1 atom stereocenters. The zero-order chi connectivity index (χ0) is 20.3. The van der Waals surface area contributed by atoms with Crippen molar-refractivity contribution in [3.8, 4) is 5.75 Å². The van der Waals surface area contributed by atoms with Gasteiger partial charge in [0, 0.05) is 25.2 Å². The fourth-order valence-electron chi connectivity index (χ4n) is 3.02. The van der Waals surface area contributed by atoms with Gasteiger partial charge in [-0.05, 0) is 42.0 Å². The quantitative estimate of drug-likeness (QED) is 0.754. The number of rotatable bonds is 6. The maximum atomic E-state index is 12.5. The van der Waals surface area contributed by atoms with Crippen molar-refractivity contribution in [2.75, 3.05) is 19.0 Å². The first-order valence-electron chi connectivity index (χ1n) is 8.60. The van der Waals surface area contributed by atoms with Crippen LogP contribution in [0.4, 0.5) is 5.69 Å². The molecule has 1 unspecified atom stereocenters. The summed E-state index contributed by atoms with van der Waals surface area (Å²) in [4.78, 5) is 26.4. The molecule has 0 bridgehead atoms. The summed E-state index contributed by atoms with van der Waals surface area (Å²) in [6.45, 7) is 0.752. The fourth-order valence-corrected chi connectivity index (χ4v) is 3.54. The third-order valence-electron chi connectivity index (χ3n) is 4.57. The molecule has 0 aliphatic carbocycles. The highest BCUT2D eigenvalue weighted by atomic mass is 32.2. The lowest BCUT2D eigenvalue weighted by atomic mass is 10.1. The maximum absolute atomic E-state index is 12.5. The second kappa shape index (κ2) is 7.99. The van der Waals surface area contributed by atoms with E-state index in [-0.39, 0.29) is 23.1 Å². The van der Waals surface area contributed by atoms with E-state index in [2.05, 4.69) is 5.32 Å². The summed E-state index contributed by atoms with van der Waals surface area (Å²) in [5.41, 5.74) is 1.40. The van der Waals surface area contributed by atoms with Crippen molar-refractivity contribution < 1.29 is 22.7 Å². The number of benzene rings is 2. The molecule has 1 fully saturated rings. The van der Waals surface area contributed by atoms with Gasteiger partial charge in [0.2, 0.25) is 21.8 Å². The number of methoxy groups -OCH3 is 1. The molecule has 0 aromatic heterocycles. The standard InChI is InChI=1S/C19H21N3O5S/c1-27-16-6-2-13(3-7-16)11-22-12-14(10-18(22)23)19(24)21-15-4-8-17(9-5-15)28(20,25)26/h2-9,14H,10-12H2,1H3,(H,21,24)(H2,20,25,26). The molecule has 1 heterocycles. The first-order chi connectivity index (χ1) is 13.3. The van der Waals surface area contributed by atoms with Crippen molar-refractivity contribution in [2.24, 2.45) is 11.1 Å². The molecule has 148 valence electrons. The van der Waals surface area contributed by atoms with Crippen molar-refractivity contribution in [2.45, 2.75) is 17.9 Å². The lowest BCUT2D eigenvalue weighted by molar-refractivity contribution is -0.128. The number of carbonyl (C=O) groups is 2. The average molecular weight is 403 g/mol. The predicted octanol–water partition coefficient (Wildman–Crippen LogP) is 1.33. The molecule has 2 aromatic carbocycles. The van der Waals surface area contributed by atoms with Crippen LogP contribution in [0.5, 0.6) is 5.75 Å². The van der Waals surface area contributed by atoms with E-state index in [1.807, 2.05) is 24.3 Å². The number of sulfonamides is 1. The number of nitrogens with zero attached hydrogens (tertiary/aromatic N) is 1. The van der Waals surface area contributed by atoms with Gasteiger partial charge in [0.05, 0.1) is 17.9 Å². The van der Waals surface area contributed by atoms with Crippen LogP contribution in [-0.2, 0) is 26.2 Å². The Labute approximate surface area is 163 Å². The van der Waals surface area contributed by atoms with Gasteiger partial charge in [0.1, 0.15) is 5.75 Å². The van der Waals surface area contributed by atoms with Crippen molar-refractivity contribution in [3.05, 3.63) is 54.1 Å². The van der Waals surface area contributed by atoms with Gasteiger partial charge in [0.25, 0.3) is 0 Å². The van der Waals surface area contributed by atoms with E-state index in [0.717, 1.165) is 11.3 Å². The van der Waals surface area contributed by atoms with Crippen molar-refractivity contribution in [3.63, 3.8) is 0 Å². The number of amides is 2. The van der Waals surface area contributed by atoms with Gasteiger partial charge in [-0.15, -0.1) is 0 Å². The minimum Gasteiger partial charge on any atom is -0.497 e. The van der Waals surface area contributed by atoms with Crippen LogP contribution in [-0.4, -0.2) is 38.8 Å². The Morgan fingerprint density at radius 2 is 1.82 bits per heavy atom. The molecule has 1 aliphatic rings. The molecule has 28 heavy (non-hydrogen) atoms. The smallest absolute Gasteiger partial charge is 0.238 e. The Hall–Kier alpha value is -2.91. The Balaban J connectivity index is 1.60. The number of nitrogens with one attached hydrogen (secondary N) is 1.